The number of allylic oxidation sites excluding steroid dienone is 3. The van der Waals surface area contributed by atoms with E-state index in [2.05, 4.69) is 6.42 Å². The molecule has 0 spiro atoms. The maximum atomic E-state index is 11.8. The van der Waals surface area contributed by atoms with Crippen LogP contribution < -0.4 is 4.90 Å². The van der Waals surface area contributed by atoms with E-state index in [1.54, 1.807) is 11.9 Å². The maximum absolute atomic E-state index is 11.8. The second-order valence-corrected chi connectivity index (χ2v) is 3.99. The Labute approximate surface area is 99.0 Å². The number of carbonyl (C=O) groups is 2. The summed E-state index contributed by atoms with van der Waals surface area (Å²) in [6.07, 6.45) is 5.64. The topological polar surface area (TPSA) is 37.4 Å². The van der Waals surface area contributed by atoms with Gasteiger partial charge in [0.25, 0.3) is 0 Å². The molecule has 0 bridgehead atoms. The van der Waals surface area contributed by atoms with Gasteiger partial charge in [0.1, 0.15) is 0 Å². The van der Waals surface area contributed by atoms with Crippen LogP contribution in [0.4, 0.5) is 5.69 Å². The molecule has 1 heterocycles. The smallest absolute Gasteiger partial charge is 0.202 e. The van der Waals surface area contributed by atoms with E-state index < -0.39 is 0 Å². The number of anilines is 1. The van der Waals surface area contributed by atoms with Crippen molar-refractivity contribution in [1.82, 2.24) is 0 Å². The third-order valence-electron chi connectivity index (χ3n) is 2.96. The standard InChI is InChI=1S/C14H9NO2/c1-15-11-5-3-2-4-9(11)8-10-12(16)6-7-13(17)14(10)15/h2-7H,1H3. The molecule has 1 aromatic rings. The van der Waals surface area contributed by atoms with Crippen LogP contribution in [0.2, 0.25) is 0 Å². The van der Waals surface area contributed by atoms with Crippen molar-refractivity contribution < 1.29 is 9.59 Å². The van der Waals surface area contributed by atoms with Gasteiger partial charge in [-0.25, -0.2) is 0 Å². The van der Waals surface area contributed by atoms with E-state index >= 15 is 0 Å². The van der Waals surface area contributed by atoms with E-state index in [-0.39, 0.29) is 11.6 Å². The molecular weight excluding hydrogens is 214 g/mol. The lowest BCUT2D eigenvalue weighted by Gasteiger charge is -2.31. The maximum Gasteiger partial charge on any atom is 0.202 e. The Morgan fingerprint density at radius 1 is 1.06 bits per heavy atom. The van der Waals surface area contributed by atoms with Crippen LogP contribution in [0.1, 0.15) is 5.56 Å². The van der Waals surface area contributed by atoms with Gasteiger partial charge in [-0.15, -0.1) is 0 Å². The average Bonchev–Trinajstić information content (AvgIpc) is 2.34. The number of hydrogen-bond acceptors (Lipinski definition) is 3. The highest BCUT2D eigenvalue weighted by molar-refractivity contribution is 6.23. The second-order valence-electron chi connectivity index (χ2n) is 3.99. The SMILES string of the molecule is CN1C2=C([C]c3ccccc31)C(=O)C=CC2=O. The number of hydrogen-bond donors (Lipinski definition) is 0. The van der Waals surface area contributed by atoms with Crippen molar-refractivity contribution in [2.75, 3.05) is 11.9 Å². The first kappa shape index (κ1) is 10.0. The van der Waals surface area contributed by atoms with Crippen LogP contribution in [-0.2, 0) is 9.59 Å². The van der Waals surface area contributed by atoms with Crippen molar-refractivity contribution in [2.24, 2.45) is 0 Å². The molecule has 1 aliphatic heterocycles. The first-order valence-electron chi connectivity index (χ1n) is 5.29. The van der Waals surface area contributed by atoms with Gasteiger partial charge < -0.3 is 4.90 Å². The van der Waals surface area contributed by atoms with Gasteiger partial charge in [0.05, 0.1) is 12.1 Å². The van der Waals surface area contributed by atoms with E-state index in [4.69, 9.17) is 0 Å². The van der Waals surface area contributed by atoms with Crippen molar-refractivity contribution in [1.29, 1.82) is 0 Å². The number of para-hydroxylation sites is 1. The number of carbonyl (C=O) groups excluding carboxylic acids is 2. The average molecular weight is 223 g/mol. The summed E-state index contributed by atoms with van der Waals surface area (Å²) >= 11 is 0. The van der Waals surface area contributed by atoms with Crippen LogP contribution in [0.5, 0.6) is 0 Å². The highest BCUT2D eigenvalue weighted by Crippen LogP contribution is 2.35. The fourth-order valence-corrected chi connectivity index (χ4v) is 2.13. The molecule has 0 atom stereocenters. The molecule has 2 aliphatic rings. The molecule has 0 saturated carbocycles. The van der Waals surface area contributed by atoms with Crippen LogP contribution >= 0.6 is 0 Å². The Morgan fingerprint density at radius 3 is 2.59 bits per heavy atom. The Kier molecular flexibility index (Phi) is 2.01. The lowest BCUT2D eigenvalue weighted by atomic mass is 9.89. The Morgan fingerprint density at radius 2 is 1.76 bits per heavy atom. The highest BCUT2D eigenvalue weighted by Gasteiger charge is 2.31. The zero-order valence-electron chi connectivity index (χ0n) is 9.23. The summed E-state index contributed by atoms with van der Waals surface area (Å²) < 4.78 is 0. The summed E-state index contributed by atoms with van der Waals surface area (Å²) in [5.41, 5.74) is 2.50. The molecule has 0 saturated heterocycles. The van der Waals surface area contributed by atoms with Crippen molar-refractivity contribution in [3.8, 4) is 0 Å². The number of ketones is 2. The molecule has 17 heavy (non-hydrogen) atoms. The fraction of sp³-hybridized carbons (Fsp3) is 0.0714. The van der Waals surface area contributed by atoms with Gasteiger partial charge in [-0.2, -0.15) is 0 Å². The first-order valence-corrected chi connectivity index (χ1v) is 5.29. The van der Waals surface area contributed by atoms with Gasteiger partial charge in [-0.1, -0.05) is 18.2 Å². The number of nitrogens with zero attached hydrogens (tertiary/aromatic N) is 1. The third-order valence-corrected chi connectivity index (χ3v) is 2.96. The molecule has 0 fully saturated rings. The summed E-state index contributed by atoms with van der Waals surface area (Å²) in [4.78, 5) is 25.3. The van der Waals surface area contributed by atoms with Crippen LogP contribution in [0.3, 0.4) is 0 Å². The van der Waals surface area contributed by atoms with Gasteiger partial charge in [-0.05, 0) is 23.8 Å². The molecular formula is C14H9NO2. The molecule has 2 radical (unpaired) electrons. The van der Waals surface area contributed by atoms with Gasteiger partial charge >= 0.3 is 0 Å². The molecule has 0 unspecified atom stereocenters. The van der Waals surface area contributed by atoms with Crippen LogP contribution in [0.15, 0.2) is 47.7 Å². The van der Waals surface area contributed by atoms with Gasteiger partial charge in [0.15, 0.2) is 5.78 Å². The van der Waals surface area contributed by atoms with E-state index in [9.17, 15) is 9.59 Å². The quantitative estimate of drug-likeness (QED) is 0.626. The normalized spacial score (nSPS) is 18.3. The fourth-order valence-electron chi connectivity index (χ4n) is 2.13. The third kappa shape index (κ3) is 1.35. The van der Waals surface area contributed by atoms with E-state index in [0.29, 0.717) is 11.3 Å². The van der Waals surface area contributed by atoms with E-state index in [0.717, 1.165) is 11.3 Å². The van der Waals surface area contributed by atoms with Crippen molar-refractivity contribution in [3.05, 3.63) is 59.7 Å². The summed E-state index contributed by atoms with van der Waals surface area (Å²) in [5, 5.41) is 0. The minimum absolute atomic E-state index is 0.149. The Hall–Kier alpha value is -2.16. The largest absolute Gasteiger partial charge is 0.341 e. The molecule has 82 valence electrons. The van der Waals surface area contributed by atoms with E-state index in [1.165, 1.54) is 12.2 Å². The molecule has 3 rings (SSSR count). The number of fused-ring (bicyclic) bond motifs is 1. The molecule has 0 amide bonds. The first-order chi connectivity index (χ1) is 8.18. The van der Waals surface area contributed by atoms with Gasteiger partial charge in [0.2, 0.25) is 5.78 Å². The van der Waals surface area contributed by atoms with E-state index in [1.807, 2.05) is 24.3 Å². The zero-order chi connectivity index (χ0) is 12.0. The number of benzene rings is 1. The lowest BCUT2D eigenvalue weighted by molar-refractivity contribution is -0.115. The highest BCUT2D eigenvalue weighted by atomic mass is 16.1. The Balaban J connectivity index is 2.19. The number of rotatable bonds is 0. The van der Waals surface area contributed by atoms with Crippen molar-refractivity contribution >= 4 is 17.3 Å². The van der Waals surface area contributed by atoms with Crippen molar-refractivity contribution in [2.45, 2.75) is 0 Å². The molecule has 1 aliphatic carbocycles. The molecule has 3 nitrogen and oxygen atoms in total. The summed E-state index contributed by atoms with van der Waals surface area (Å²) in [6, 6.07) is 7.57. The van der Waals surface area contributed by atoms with Crippen LogP contribution in [0, 0.1) is 6.42 Å². The van der Waals surface area contributed by atoms with Gasteiger partial charge in [-0.3, -0.25) is 9.59 Å². The molecule has 0 N–H and O–H groups in total. The summed E-state index contributed by atoms with van der Waals surface area (Å²) in [6.45, 7) is 0. The predicted molar refractivity (Wildman–Crippen MR) is 63.4 cm³/mol. The summed E-state index contributed by atoms with van der Waals surface area (Å²) in [5.74, 6) is -0.315. The monoisotopic (exact) mass is 223 g/mol. The van der Waals surface area contributed by atoms with Gasteiger partial charge in [0, 0.05) is 18.3 Å². The predicted octanol–water partition coefficient (Wildman–Crippen LogP) is 1.53. The van der Waals surface area contributed by atoms with Crippen LogP contribution in [-0.4, -0.2) is 18.6 Å². The lowest BCUT2D eigenvalue weighted by Crippen LogP contribution is -2.32. The Bertz CT molecular complexity index is 596. The zero-order valence-corrected chi connectivity index (χ0v) is 9.23. The molecule has 1 aromatic carbocycles. The minimum Gasteiger partial charge on any atom is -0.341 e. The summed E-state index contributed by atoms with van der Waals surface area (Å²) in [7, 11) is 1.79. The molecule has 3 heteroatoms. The minimum atomic E-state index is -0.166. The van der Waals surface area contributed by atoms with Crippen molar-refractivity contribution in [3.63, 3.8) is 0 Å². The van der Waals surface area contributed by atoms with Crippen LogP contribution in [0.25, 0.3) is 0 Å². The second kappa shape index (κ2) is 3.42. The molecule has 0 aromatic heterocycles. The number of likely N-dealkylation sites (N-methyl/N-ethyl adjacent to an activating group) is 1.